The number of thioether (sulfide) groups is 1. The largest absolute Gasteiger partial charge is 0.207 e. The Labute approximate surface area is 79.1 Å². The second-order valence-corrected chi connectivity index (χ2v) is 3.65. The first-order valence-corrected chi connectivity index (χ1v) is 4.91. The van der Waals surface area contributed by atoms with Gasteiger partial charge < -0.3 is 0 Å². The van der Waals surface area contributed by atoms with Crippen molar-refractivity contribution in [1.29, 1.82) is 0 Å². The van der Waals surface area contributed by atoms with E-state index in [-0.39, 0.29) is 4.90 Å². The summed E-state index contributed by atoms with van der Waals surface area (Å²) in [5.74, 6) is -1.90. The third-order valence-electron chi connectivity index (χ3n) is 1.41. The second kappa shape index (κ2) is 4.56. The molecule has 0 aromatic heterocycles. The zero-order valence-electron chi connectivity index (χ0n) is 7.11. The molecule has 13 heavy (non-hydrogen) atoms. The molecule has 0 saturated carbocycles. The molecule has 0 amide bonds. The molecule has 0 aliphatic heterocycles. The van der Waals surface area contributed by atoms with Crippen molar-refractivity contribution < 1.29 is 13.2 Å². The van der Waals surface area contributed by atoms with E-state index < -0.39 is 17.5 Å². The first-order chi connectivity index (χ1) is 6.15. The Morgan fingerprint density at radius 2 is 1.69 bits per heavy atom. The second-order valence-electron chi connectivity index (χ2n) is 2.55. The molecule has 0 unspecified atom stereocenters. The minimum Gasteiger partial charge on any atom is -0.207 e. The van der Waals surface area contributed by atoms with Crippen LogP contribution in [0.5, 0.6) is 0 Å². The van der Waals surface area contributed by atoms with Crippen LogP contribution in [-0.4, -0.2) is 5.75 Å². The third kappa shape index (κ3) is 2.66. The summed E-state index contributed by atoms with van der Waals surface area (Å²) in [6, 6.07) is 1.39. The lowest BCUT2D eigenvalue weighted by Crippen LogP contribution is -1.91. The summed E-state index contributed by atoms with van der Waals surface area (Å²) in [5, 5.41) is 0. The number of halogens is 3. The van der Waals surface area contributed by atoms with Crippen molar-refractivity contribution in [3.05, 3.63) is 29.6 Å². The van der Waals surface area contributed by atoms with E-state index in [1.165, 1.54) is 0 Å². The van der Waals surface area contributed by atoms with E-state index >= 15 is 0 Å². The maximum atomic E-state index is 12.9. The molecule has 0 saturated heterocycles. The van der Waals surface area contributed by atoms with E-state index in [1.807, 2.05) is 6.92 Å². The van der Waals surface area contributed by atoms with E-state index in [2.05, 4.69) is 0 Å². The van der Waals surface area contributed by atoms with Crippen LogP contribution < -0.4 is 0 Å². The van der Waals surface area contributed by atoms with Gasteiger partial charge in [-0.25, -0.2) is 13.2 Å². The number of hydrogen-bond donors (Lipinski definition) is 0. The zero-order valence-corrected chi connectivity index (χ0v) is 7.93. The predicted octanol–water partition coefficient (Wildman–Crippen LogP) is 3.61. The fourth-order valence-electron chi connectivity index (χ4n) is 0.871. The first kappa shape index (κ1) is 10.4. The van der Waals surface area contributed by atoms with E-state index in [4.69, 9.17) is 0 Å². The quantitative estimate of drug-likeness (QED) is 0.681. The van der Waals surface area contributed by atoms with E-state index in [1.54, 1.807) is 0 Å². The summed E-state index contributed by atoms with van der Waals surface area (Å²) in [7, 11) is 0. The fraction of sp³-hybridized carbons (Fsp3) is 0.333. The lowest BCUT2D eigenvalue weighted by Gasteiger charge is -2.03. The number of benzene rings is 1. The van der Waals surface area contributed by atoms with Gasteiger partial charge in [-0.15, -0.1) is 11.8 Å². The summed E-state index contributed by atoms with van der Waals surface area (Å²) in [6.45, 7) is 1.91. The molecule has 0 fully saturated rings. The molecular weight excluding hydrogens is 197 g/mol. The Balaban J connectivity index is 2.92. The Bertz CT molecular complexity index is 276. The Morgan fingerprint density at radius 3 is 2.15 bits per heavy atom. The van der Waals surface area contributed by atoms with Gasteiger partial charge in [0.1, 0.15) is 17.5 Å². The van der Waals surface area contributed by atoms with Crippen LogP contribution >= 0.6 is 11.8 Å². The molecule has 0 aliphatic rings. The van der Waals surface area contributed by atoms with Crippen molar-refractivity contribution in [2.24, 2.45) is 0 Å². The normalized spacial score (nSPS) is 10.5. The molecule has 72 valence electrons. The molecule has 0 atom stereocenters. The van der Waals surface area contributed by atoms with Gasteiger partial charge in [-0.2, -0.15) is 0 Å². The van der Waals surface area contributed by atoms with Crippen LogP contribution in [0.15, 0.2) is 17.0 Å². The lowest BCUT2D eigenvalue weighted by molar-refractivity contribution is 0.511. The molecule has 1 aromatic carbocycles. The van der Waals surface area contributed by atoms with Crippen LogP contribution in [0, 0.1) is 17.5 Å². The maximum absolute atomic E-state index is 12.9. The van der Waals surface area contributed by atoms with Gasteiger partial charge in [0.05, 0.1) is 4.90 Å². The predicted molar refractivity (Wildman–Crippen MR) is 47.3 cm³/mol. The molecule has 0 radical (unpaired) electrons. The smallest absolute Gasteiger partial charge is 0.142 e. The van der Waals surface area contributed by atoms with Gasteiger partial charge in [0, 0.05) is 12.1 Å². The van der Waals surface area contributed by atoms with Crippen molar-refractivity contribution in [3.8, 4) is 0 Å². The highest BCUT2D eigenvalue weighted by Gasteiger charge is 2.10. The Hall–Kier alpha value is -0.640. The highest BCUT2D eigenvalue weighted by Crippen LogP contribution is 2.26. The highest BCUT2D eigenvalue weighted by molar-refractivity contribution is 7.99. The minimum absolute atomic E-state index is 0.0942. The zero-order chi connectivity index (χ0) is 9.84. The summed E-state index contributed by atoms with van der Waals surface area (Å²) >= 11 is 1.07. The maximum Gasteiger partial charge on any atom is 0.142 e. The van der Waals surface area contributed by atoms with Gasteiger partial charge in [-0.3, -0.25) is 0 Å². The Morgan fingerprint density at radius 1 is 1.15 bits per heavy atom. The van der Waals surface area contributed by atoms with Crippen LogP contribution in [0.3, 0.4) is 0 Å². The van der Waals surface area contributed by atoms with Crippen molar-refractivity contribution in [1.82, 2.24) is 0 Å². The number of rotatable bonds is 3. The molecule has 0 N–H and O–H groups in total. The minimum atomic E-state index is -0.879. The standard InChI is InChI=1S/C9H9F3S/c1-2-3-13-9-7(11)4-6(10)5-8(9)12/h4-5H,2-3H2,1H3. The topological polar surface area (TPSA) is 0 Å². The van der Waals surface area contributed by atoms with E-state index in [9.17, 15) is 13.2 Å². The van der Waals surface area contributed by atoms with Crippen molar-refractivity contribution >= 4 is 11.8 Å². The number of hydrogen-bond acceptors (Lipinski definition) is 1. The monoisotopic (exact) mass is 206 g/mol. The van der Waals surface area contributed by atoms with Crippen molar-refractivity contribution in [2.75, 3.05) is 5.75 Å². The van der Waals surface area contributed by atoms with E-state index in [0.29, 0.717) is 17.9 Å². The van der Waals surface area contributed by atoms with Crippen LogP contribution in [0.1, 0.15) is 13.3 Å². The summed E-state index contributed by atoms with van der Waals surface area (Å²) in [5.41, 5.74) is 0. The van der Waals surface area contributed by atoms with Crippen LogP contribution in [-0.2, 0) is 0 Å². The summed E-state index contributed by atoms with van der Waals surface area (Å²) < 4.78 is 38.3. The van der Waals surface area contributed by atoms with Gasteiger partial charge in [-0.05, 0) is 12.2 Å². The van der Waals surface area contributed by atoms with Crippen LogP contribution in [0.4, 0.5) is 13.2 Å². The lowest BCUT2D eigenvalue weighted by atomic mass is 10.3. The van der Waals surface area contributed by atoms with Gasteiger partial charge >= 0.3 is 0 Å². The molecule has 1 rings (SSSR count). The summed E-state index contributed by atoms with van der Waals surface area (Å²) in [4.78, 5) is -0.0942. The average molecular weight is 206 g/mol. The molecule has 0 aliphatic carbocycles. The molecule has 4 heteroatoms. The average Bonchev–Trinajstić information content (AvgIpc) is 2.02. The van der Waals surface area contributed by atoms with Gasteiger partial charge in [0.25, 0.3) is 0 Å². The van der Waals surface area contributed by atoms with Crippen molar-refractivity contribution in [2.45, 2.75) is 18.2 Å². The SMILES string of the molecule is CCCSc1c(F)cc(F)cc1F. The van der Waals surface area contributed by atoms with Crippen molar-refractivity contribution in [3.63, 3.8) is 0 Å². The van der Waals surface area contributed by atoms with Gasteiger partial charge in [0.2, 0.25) is 0 Å². The molecule has 0 heterocycles. The molecular formula is C9H9F3S. The molecule has 1 aromatic rings. The fourth-order valence-corrected chi connectivity index (χ4v) is 1.67. The first-order valence-electron chi connectivity index (χ1n) is 3.92. The van der Waals surface area contributed by atoms with E-state index in [0.717, 1.165) is 18.2 Å². The molecule has 0 spiro atoms. The van der Waals surface area contributed by atoms with Gasteiger partial charge in [-0.1, -0.05) is 6.92 Å². The third-order valence-corrected chi connectivity index (χ3v) is 2.70. The molecule has 0 bridgehead atoms. The highest BCUT2D eigenvalue weighted by atomic mass is 32.2. The summed E-state index contributed by atoms with van der Waals surface area (Å²) in [6.07, 6.45) is 0.820. The molecule has 0 nitrogen and oxygen atoms in total. The van der Waals surface area contributed by atoms with Crippen LogP contribution in [0.2, 0.25) is 0 Å². The Kier molecular flexibility index (Phi) is 3.66. The van der Waals surface area contributed by atoms with Crippen LogP contribution in [0.25, 0.3) is 0 Å². The van der Waals surface area contributed by atoms with Gasteiger partial charge in [0.15, 0.2) is 0 Å².